The van der Waals surface area contributed by atoms with Crippen LogP contribution in [0.5, 0.6) is 0 Å². The monoisotopic (exact) mass is 427 g/mol. The Hall–Kier alpha value is -1.04. The zero-order valence-corrected chi connectivity index (χ0v) is 14.9. The van der Waals surface area contributed by atoms with E-state index >= 15 is 0 Å². The molecule has 1 heterocycles. The topological polar surface area (TPSA) is 41.6 Å². The van der Waals surface area contributed by atoms with Crippen molar-refractivity contribution in [3.05, 3.63) is 62.0 Å². The third-order valence-electron chi connectivity index (χ3n) is 3.41. The first-order chi connectivity index (χ1) is 10.1. The highest BCUT2D eigenvalue weighted by Crippen LogP contribution is 2.36. The van der Waals surface area contributed by atoms with Gasteiger partial charge in [0.25, 0.3) is 0 Å². The fraction of sp³-hybridized carbons (Fsp3) is 0.133. The summed E-state index contributed by atoms with van der Waals surface area (Å²) in [5.41, 5.74) is 8.08. The lowest BCUT2D eigenvalue weighted by atomic mass is 10.1. The molecule has 0 saturated carbocycles. The van der Waals surface area contributed by atoms with Gasteiger partial charge in [-0.15, -0.1) is 0 Å². The minimum absolute atomic E-state index is 0.0103. The number of nitrogens with zero attached hydrogens (tertiary/aromatic N) is 2. The third kappa shape index (κ3) is 2.96. The number of aliphatic imine (C=N–C) groups is 1. The molecule has 1 aliphatic rings. The second-order valence-electron chi connectivity index (χ2n) is 4.73. The number of guanidine groups is 1. The number of rotatable bonds is 2. The summed E-state index contributed by atoms with van der Waals surface area (Å²) < 4.78 is 2.01. The lowest BCUT2D eigenvalue weighted by Gasteiger charge is -2.27. The minimum Gasteiger partial charge on any atom is -0.369 e. The van der Waals surface area contributed by atoms with E-state index < -0.39 is 0 Å². The standard InChI is InChI=1S/C15H12Br2ClN3/c16-9-1-4-11(5-2-9)21-14(8-20-15(21)19)12-7-10(17)3-6-13(12)18/h1-7,14H,8H2,(H2,19,20). The van der Waals surface area contributed by atoms with Crippen molar-refractivity contribution in [2.75, 3.05) is 11.4 Å². The van der Waals surface area contributed by atoms with Gasteiger partial charge in [-0.1, -0.05) is 43.5 Å². The highest BCUT2D eigenvalue weighted by molar-refractivity contribution is 9.10. The molecule has 0 radical (unpaired) electrons. The fourth-order valence-electron chi connectivity index (χ4n) is 2.42. The molecule has 21 heavy (non-hydrogen) atoms. The molecule has 0 amide bonds. The first-order valence-corrected chi connectivity index (χ1v) is 8.32. The van der Waals surface area contributed by atoms with Gasteiger partial charge in [0.15, 0.2) is 5.96 Å². The van der Waals surface area contributed by atoms with E-state index in [1.54, 1.807) is 0 Å². The number of hydrogen-bond acceptors (Lipinski definition) is 3. The van der Waals surface area contributed by atoms with E-state index in [1.807, 2.05) is 47.4 Å². The van der Waals surface area contributed by atoms with Crippen LogP contribution in [0.25, 0.3) is 0 Å². The summed E-state index contributed by atoms with van der Waals surface area (Å²) in [5, 5.41) is 0.718. The smallest absolute Gasteiger partial charge is 0.196 e. The first kappa shape index (κ1) is 14.9. The number of benzene rings is 2. The lowest BCUT2D eigenvalue weighted by molar-refractivity contribution is 0.768. The lowest BCUT2D eigenvalue weighted by Crippen LogP contribution is -2.36. The van der Waals surface area contributed by atoms with Gasteiger partial charge in [-0.05, 0) is 48.0 Å². The quantitative estimate of drug-likeness (QED) is 0.749. The maximum atomic E-state index is 6.36. The van der Waals surface area contributed by atoms with Crippen LogP contribution in [0.15, 0.2) is 56.4 Å². The van der Waals surface area contributed by atoms with Gasteiger partial charge in [0.05, 0.1) is 12.6 Å². The fourth-order valence-corrected chi connectivity index (χ4v) is 3.31. The molecule has 1 aliphatic heterocycles. The van der Waals surface area contributed by atoms with Gasteiger partial charge < -0.3 is 10.6 Å². The Morgan fingerprint density at radius 1 is 1.10 bits per heavy atom. The SMILES string of the molecule is NC1=NCC(c2cc(Br)ccc2Cl)N1c1ccc(Br)cc1. The molecule has 2 N–H and O–H groups in total. The molecule has 3 rings (SSSR count). The van der Waals surface area contributed by atoms with E-state index in [0.717, 1.165) is 25.2 Å². The second-order valence-corrected chi connectivity index (χ2v) is 6.97. The van der Waals surface area contributed by atoms with Crippen LogP contribution in [0, 0.1) is 0 Å². The molecule has 0 fully saturated rings. The Morgan fingerprint density at radius 2 is 1.76 bits per heavy atom. The summed E-state index contributed by atoms with van der Waals surface area (Å²) in [7, 11) is 0. The van der Waals surface area contributed by atoms with E-state index in [9.17, 15) is 0 Å². The summed E-state index contributed by atoms with van der Waals surface area (Å²) in [6.07, 6.45) is 0. The normalized spacial score (nSPS) is 18.0. The molecule has 6 heteroatoms. The highest BCUT2D eigenvalue weighted by Gasteiger charge is 2.30. The predicted molar refractivity (Wildman–Crippen MR) is 95.0 cm³/mol. The van der Waals surface area contributed by atoms with Crippen molar-refractivity contribution in [1.29, 1.82) is 0 Å². The summed E-state index contributed by atoms with van der Waals surface area (Å²) in [6.45, 7) is 0.595. The maximum Gasteiger partial charge on any atom is 0.196 e. The summed E-state index contributed by atoms with van der Waals surface area (Å²) >= 11 is 13.3. The average Bonchev–Trinajstić information content (AvgIpc) is 2.84. The molecule has 0 aromatic heterocycles. The van der Waals surface area contributed by atoms with Crippen molar-refractivity contribution in [1.82, 2.24) is 0 Å². The summed E-state index contributed by atoms with van der Waals surface area (Å²) in [6, 6.07) is 13.8. The molecule has 2 aromatic rings. The molecule has 1 atom stereocenters. The molecule has 3 nitrogen and oxygen atoms in total. The van der Waals surface area contributed by atoms with Gasteiger partial charge in [-0.3, -0.25) is 4.99 Å². The molecular formula is C15H12Br2ClN3. The zero-order chi connectivity index (χ0) is 15.0. The third-order valence-corrected chi connectivity index (χ3v) is 4.77. The zero-order valence-electron chi connectivity index (χ0n) is 10.9. The van der Waals surface area contributed by atoms with Crippen LogP contribution in [0.3, 0.4) is 0 Å². The Bertz CT molecular complexity index is 701. The predicted octanol–water partition coefficient (Wildman–Crippen LogP) is 4.74. The number of nitrogens with two attached hydrogens (primary N) is 1. The molecule has 0 spiro atoms. The van der Waals surface area contributed by atoms with E-state index in [0.29, 0.717) is 12.5 Å². The molecule has 108 valence electrons. The molecule has 0 saturated heterocycles. The Kier molecular flexibility index (Phi) is 4.24. The molecular weight excluding hydrogens is 417 g/mol. The van der Waals surface area contributed by atoms with Gasteiger partial charge in [-0.25, -0.2) is 0 Å². The molecule has 1 unspecified atom stereocenters. The summed E-state index contributed by atoms with van der Waals surface area (Å²) in [5.74, 6) is 0.512. The molecule has 2 aromatic carbocycles. The van der Waals surface area contributed by atoms with Crippen LogP contribution >= 0.6 is 43.5 Å². The maximum absolute atomic E-state index is 6.36. The van der Waals surface area contributed by atoms with Gasteiger partial charge in [0.2, 0.25) is 0 Å². The van der Waals surface area contributed by atoms with E-state index in [4.69, 9.17) is 17.3 Å². The Morgan fingerprint density at radius 3 is 2.48 bits per heavy atom. The number of hydrogen-bond donors (Lipinski definition) is 1. The molecule has 0 aliphatic carbocycles. The van der Waals surface area contributed by atoms with Crippen LogP contribution in [-0.2, 0) is 0 Å². The highest BCUT2D eigenvalue weighted by atomic mass is 79.9. The van der Waals surface area contributed by atoms with Crippen molar-refractivity contribution in [3.8, 4) is 0 Å². The van der Waals surface area contributed by atoms with Gasteiger partial charge in [0.1, 0.15) is 0 Å². The van der Waals surface area contributed by atoms with Crippen LogP contribution in [-0.4, -0.2) is 12.5 Å². The van der Waals surface area contributed by atoms with Crippen LogP contribution in [0.1, 0.15) is 11.6 Å². The Labute approximate surface area is 145 Å². The van der Waals surface area contributed by atoms with Crippen LogP contribution < -0.4 is 10.6 Å². The van der Waals surface area contributed by atoms with Gasteiger partial charge in [-0.2, -0.15) is 0 Å². The second kappa shape index (κ2) is 5.99. The van der Waals surface area contributed by atoms with E-state index in [1.165, 1.54) is 0 Å². The van der Waals surface area contributed by atoms with Crippen molar-refractivity contribution < 1.29 is 0 Å². The minimum atomic E-state index is 0.0103. The molecule has 0 bridgehead atoms. The average molecular weight is 430 g/mol. The van der Waals surface area contributed by atoms with Crippen molar-refractivity contribution in [3.63, 3.8) is 0 Å². The Balaban J connectivity index is 2.02. The van der Waals surface area contributed by atoms with Gasteiger partial charge >= 0.3 is 0 Å². The van der Waals surface area contributed by atoms with Crippen molar-refractivity contribution in [2.45, 2.75) is 6.04 Å². The largest absolute Gasteiger partial charge is 0.369 e. The number of anilines is 1. The van der Waals surface area contributed by atoms with E-state index in [2.05, 4.69) is 36.9 Å². The van der Waals surface area contributed by atoms with E-state index in [-0.39, 0.29) is 6.04 Å². The van der Waals surface area contributed by atoms with Crippen LogP contribution in [0.4, 0.5) is 5.69 Å². The van der Waals surface area contributed by atoms with Crippen molar-refractivity contribution >= 4 is 55.1 Å². The first-order valence-electron chi connectivity index (χ1n) is 6.36. The summed E-state index contributed by atoms with van der Waals surface area (Å²) in [4.78, 5) is 6.39. The van der Waals surface area contributed by atoms with Gasteiger partial charge in [0, 0.05) is 19.7 Å². The van der Waals surface area contributed by atoms with Crippen LogP contribution in [0.2, 0.25) is 5.02 Å². The van der Waals surface area contributed by atoms with Crippen molar-refractivity contribution in [2.24, 2.45) is 10.7 Å². The number of halogens is 3.